The Kier molecular flexibility index (Phi) is 4.92. The van der Waals surface area contributed by atoms with Gasteiger partial charge in [0.05, 0.1) is 12.9 Å². The molecule has 0 amide bonds. The zero-order chi connectivity index (χ0) is 13.3. The number of thiophene rings is 1. The SMILES string of the molecule is Cc1ccc(CC(Cl)c2cc(Br)sc2Br)cc1C. The largest absolute Gasteiger partial charge is 0.121 e. The van der Waals surface area contributed by atoms with Gasteiger partial charge in [-0.1, -0.05) is 18.2 Å². The number of rotatable bonds is 3. The Hall–Kier alpha value is 0.170. The Labute approximate surface area is 134 Å². The number of aryl methyl sites for hydroxylation is 2. The second-order valence-electron chi connectivity index (χ2n) is 4.37. The molecule has 0 bridgehead atoms. The van der Waals surface area contributed by atoms with Crippen molar-refractivity contribution in [2.45, 2.75) is 25.6 Å². The number of benzene rings is 1. The summed E-state index contributed by atoms with van der Waals surface area (Å²) in [6.45, 7) is 4.27. The Bertz CT molecular complexity index is 563. The van der Waals surface area contributed by atoms with Crippen LogP contribution in [0, 0.1) is 13.8 Å². The van der Waals surface area contributed by atoms with Gasteiger partial charge in [0, 0.05) is 0 Å². The summed E-state index contributed by atoms with van der Waals surface area (Å²) in [5.41, 5.74) is 5.09. The molecular formula is C14H13Br2ClS. The monoisotopic (exact) mass is 406 g/mol. The number of hydrogen-bond donors (Lipinski definition) is 0. The topological polar surface area (TPSA) is 0 Å². The number of hydrogen-bond acceptors (Lipinski definition) is 1. The van der Waals surface area contributed by atoms with Crippen LogP contribution in [-0.2, 0) is 6.42 Å². The lowest BCUT2D eigenvalue weighted by molar-refractivity contribution is 0.918. The normalized spacial score (nSPS) is 12.7. The molecule has 0 saturated carbocycles. The summed E-state index contributed by atoms with van der Waals surface area (Å²) in [6, 6.07) is 8.63. The second kappa shape index (κ2) is 6.08. The zero-order valence-electron chi connectivity index (χ0n) is 10.1. The van der Waals surface area contributed by atoms with Gasteiger partial charge in [0.15, 0.2) is 0 Å². The number of halogens is 3. The van der Waals surface area contributed by atoms with Crippen molar-refractivity contribution < 1.29 is 0 Å². The molecule has 0 N–H and O–H groups in total. The Morgan fingerprint density at radius 2 is 1.89 bits per heavy atom. The average molecular weight is 409 g/mol. The van der Waals surface area contributed by atoms with E-state index in [0.717, 1.165) is 19.6 Å². The van der Waals surface area contributed by atoms with E-state index >= 15 is 0 Å². The van der Waals surface area contributed by atoms with Crippen LogP contribution in [0.3, 0.4) is 0 Å². The molecule has 4 heteroatoms. The van der Waals surface area contributed by atoms with E-state index in [1.807, 2.05) is 0 Å². The van der Waals surface area contributed by atoms with Gasteiger partial charge >= 0.3 is 0 Å². The lowest BCUT2D eigenvalue weighted by atomic mass is 10.0. The molecule has 0 spiro atoms. The van der Waals surface area contributed by atoms with Gasteiger partial charge in [0.25, 0.3) is 0 Å². The molecule has 0 nitrogen and oxygen atoms in total. The lowest BCUT2D eigenvalue weighted by Gasteiger charge is -2.10. The van der Waals surface area contributed by atoms with Crippen LogP contribution in [0.25, 0.3) is 0 Å². The quantitative estimate of drug-likeness (QED) is 0.515. The third-order valence-corrected chi connectivity index (χ3v) is 5.78. The van der Waals surface area contributed by atoms with Crippen molar-refractivity contribution in [1.82, 2.24) is 0 Å². The Morgan fingerprint density at radius 1 is 1.17 bits per heavy atom. The molecule has 1 unspecified atom stereocenters. The Balaban J connectivity index is 2.18. The van der Waals surface area contributed by atoms with Gasteiger partial charge in [-0.15, -0.1) is 22.9 Å². The van der Waals surface area contributed by atoms with Gasteiger partial charge in [0.1, 0.15) is 0 Å². The molecule has 0 aliphatic rings. The summed E-state index contributed by atoms with van der Waals surface area (Å²) >= 11 is 15.2. The van der Waals surface area contributed by atoms with E-state index < -0.39 is 0 Å². The van der Waals surface area contributed by atoms with Crippen LogP contribution in [0.15, 0.2) is 31.8 Å². The smallest absolute Gasteiger partial charge is 0.0757 e. The van der Waals surface area contributed by atoms with Crippen molar-refractivity contribution in [3.8, 4) is 0 Å². The van der Waals surface area contributed by atoms with E-state index in [-0.39, 0.29) is 5.38 Å². The fourth-order valence-corrected chi connectivity index (χ4v) is 5.33. The zero-order valence-corrected chi connectivity index (χ0v) is 14.9. The van der Waals surface area contributed by atoms with Crippen molar-refractivity contribution in [2.24, 2.45) is 0 Å². The van der Waals surface area contributed by atoms with E-state index in [2.05, 4.69) is 70.0 Å². The van der Waals surface area contributed by atoms with E-state index in [1.165, 1.54) is 16.7 Å². The molecule has 1 aromatic heterocycles. The van der Waals surface area contributed by atoms with Crippen LogP contribution in [0.4, 0.5) is 0 Å². The summed E-state index contributed by atoms with van der Waals surface area (Å²) < 4.78 is 2.22. The highest BCUT2D eigenvalue weighted by molar-refractivity contribution is 9.12. The molecule has 96 valence electrons. The fourth-order valence-electron chi connectivity index (χ4n) is 1.81. The Morgan fingerprint density at radius 3 is 2.44 bits per heavy atom. The molecule has 1 aromatic carbocycles. The number of alkyl halides is 1. The highest BCUT2D eigenvalue weighted by atomic mass is 79.9. The third-order valence-electron chi connectivity index (χ3n) is 3.01. The molecule has 1 atom stereocenters. The van der Waals surface area contributed by atoms with Crippen LogP contribution in [0.5, 0.6) is 0 Å². The van der Waals surface area contributed by atoms with Gasteiger partial charge in [-0.05, 0) is 80.4 Å². The van der Waals surface area contributed by atoms with Crippen molar-refractivity contribution in [1.29, 1.82) is 0 Å². The van der Waals surface area contributed by atoms with Crippen molar-refractivity contribution >= 4 is 54.8 Å². The standard InChI is InChI=1S/C14H13Br2ClS/c1-8-3-4-10(5-9(8)2)6-12(17)11-7-13(15)18-14(11)16/h3-5,7,12H,6H2,1-2H3. The maximum absolute atomic E-state index is 6.51. The predicted molar refractivity (Wildman–Crippen MR) is 87.9 cm³/mol. The first-order valence-corrected chi connectivity index (χ1v) is 8.46. The summed E-state index contributed by atoms with van der Waals surface area (Å²) in [7, 11) is 0. The minimum atomic E-state index is 0.00373. The minimum Gasteiger partial charge on any atom is -0.121 e. The van der Waals surface area contributed by atoms with Crippen LogP contribution >= 0.6 is 54.8 Å². The second-order valence-corrected chi connectivity index (χ2v) is 8.65. The highest BCUT2D eigenvalue weighted by Gasteiger charge is 2.15. The minimum absolute atomic E-state index is 0.00373. The van der Waals surface area contributed by atoms with Crippen LogP contribution in [-0.4, -0.2) is 0 Å². The van der Waals surface area contributed by atoms with Crippen molar-refractivity contribution in [3.05, 3.63) is 54.1 Å². The summed E-state index contributed by atoms with van der Waals surface area (Å²) in [5.74, 6) is 0. The fraction of sp³-hybridized carbons (Fsp3) is 0.286. The van der Waals surface area contributed by atoms with Gasteiger partial charge < -0.3 is 0 Å². The molecular weight excluding hydrogens is 395 g/mol. The third kappa shape index (κ3) is 3.38. The van der Waals surface area contributed by atoms with E-state index in [9.17, 15) is 0 Å². The van der Waals surface area contributed by atoms with Gasteiger partial charge in [0.2, 0.25) is 0 Å². The van der Waals surface area contributed by atoms with Gasteiger partial charge in [-0.2, -0.15) is 0 Å². The van der Waals surface area contributed by atoms with E-state index in [1.54, 1.807) is 11.3 Å². The first-order valence-electron chi connectivity index (χ1n) is 5.62. The molecule has 1 heterocycles. The first-order chi connectivity index (χ1) is 8.47. The molecule has 2 aromatic rings. The molecule has 0 radical (unpaired) electrons. The maximum Gasteiger partial charge on any atom is 0.0757 e. The molecule has 0 fully saturated rings. The summed E-state index contributed by atoms with van der Waals surface area (Å²) in [5, 5.41) is 0.00373. The first kappa shape index (κ1) is 14.6. The summed E-state index contributed by atoms with van der Waals surface area (Å²) in [6.07, 6.45) is 0.852. The average Bonchev–Trinajstić information content (AvgIpc) is 2.63. The predicted octanol–water partition coefficient (Wildman–Crippen LogP) is 6.41. The van der Waals surface area contributed by atoms with Crippen LogP contribution in [0.2, 0.25) is 0 Å². The van der Waals surface area contributed by atoms with Crippen molar-refractivity contribution in [2.75, 3.05) is 0 Å². The van der Waals surface area contributed by atoms with Gasteiger partial charge in [-0.25, -0.2) is 0 Å². The van der Waals surface area contributed by atoms with E-state index in [0.29, 0.717) is 0 Å². The van der Waals surface area contributed by atoms with Crippen LogP contribution < -0.4 is 0 Å². The molecule has 0 aliphatic carbocycles. The van der Waals surface area contributed by atoms with Gasteiger partial charge in [-0.3, -0.25) is 0 Å². The highest BCUT2D eigenvalue weighted by Crippen LogP contribution is 2.39. The molecule has 0 aliphatic heterocycles. The van der Waals surface area contributed by atoms with Crippen molar-refractivity contribution in [3.63, 3.8) is 0 Å². The maximum atomic E-state index is 6.51. The van der Waals surface area contributed by atoms with Crippen LogP contribution in [0.1, 0.15) is 27.6 Å². The molecule has 0 saturated heterocycles. The molecule has 18 heavy (non-hydrogen) atoms. The lowest BCUT2D eigenvalue weighted by Crippen LogP contribution is -1.96. The van der Waals surface area contributed by atoms with E-state index in [4.69, 9.17) is 11.6 Å². The summed E-state index contributed by atoms with van der Waals surface area (Å²) in [4.78, 5) is 0. The molecule has 2 rings (SSSR count).